The minimum atomic E-state index is -0.222. The molecule has 3 rings (SSSR count). The zero-order chi connectivity index (χ0) is 13.2. The molecular weight excluding hydrogens is 256 g/mol. The molecule has 0 amide bonds. The highest BCUT2D eigenvalue weighted by Gasteiger charge is 2.15. The van der Waals surface area contributed by atoms with E-state index in [9.17, 15) is 0 Å². The van der Waals surface area contributed by atoms with Gasteiger partial charge in [0.1, 0.15) is 5.82 Å². The van der Waals surface area contributed by atoms with Crippen LogP contribution in [0.4, 0.5) is 0 Å². The number of nitrogens with zero attached hydrogens (tertiary/aromatic N) is 3. The zero-order valence-electron chi connectivity index (χ0n) is 10.8. The average molecular weight is 272 g/mol. The Morgan fingerprint density at radius 3 is 3.16 bits per heavy atom. The Morgan fingerprint density at radius 1 is 1.42 bits per heavy atom. The van der Waals surface area contributed by atoms with Gasteiger partial charge in [-0.05, 0) is 29.5 Å². The molecule has 0 aliphatic carbocycles. The Morgan fingerprint density at radius 2 is 2.32 bits per heavy atom. The fraction of sp³-hybridized carbons (Fsp3) is 0.286. The van der Waals surface area contributed by atoms with Gasteiger partial charge in [-0.2, -0.15) is 0 Å². The van der Waals surface area contributed by atoms with E-state index in [1.807, 2.05) is 30.0 Å². The first-order valence-corrected chi connectivity index (χ1v) is 7.27. The van der Waals surface area contributed by atoms with Gasteiger partial charge in [0.15, 0.2) is 0 Å². The lowest BCUT2D eigenvalue weighted by Crippen LogP contribution is -2.18. The molecule has 0 saturated heterocycles. The summed E-state index contributed by atoms with van der Waals surface area (Å²) >= 11 is 1.69. The van der Waals surface area contributed by atoms with Gasteiger partial charge in [0, 0.05) is 25.1 Å². The maximum atomic E-state index is 6.33. The van der Waals surface area contributed by atoms with Gasteiger partial charge in [0.25, 0.3) is 0 Å². The number of hydrogen-bond donors (Lipinski definition) is 1. The van der Waals surface area contributed by atoms with E-state index in [-0.39, 0.29) is 6.04 Å². The Kier molecular flexibility index (Phi) is 3.31. The number of aromatic nitrogens is 3. The number of thiophene rings is 1. The lowest BCUT2D eigenvalue weighted by molar-refractivity contribution is 0.612. The van der Waals surface area contributed by atoms with Crippen molar-refractivity contribution in [1.29, 1.82) is 0 Å². The molecule has 0 saturated carbocycles. The summed E-state index contributed by atoms with van der Waals surface area (Å²) in [5, 5.41) is 2.05. The molecule has 1 unspecified atom stereocenters. The number of pyridine rings is 1. The van der Waals surface area contributed by atoms with Crippen molar-refractivity contribution in [1.82, 2.24) is 14.5 Å². The van der Waals surface area contributed by atoms with Gasteiger partial charge in [-0.1, -0.05) is 6.92 Å². The molecular formula is C14H16N4S. The van der Waals surface area contributed by atoms with Crippen LogP contribution >= 0.6 is 11.3 Å². The third-order valence-electron chi connectivity index (χ3n) is 3.17. The molecule has 5 heteroatoms. The molecule has 3 aromatic rings. The number of imidazole rings is 1. The van der Waals surface area contributed by atoms with E-state index in [1.54, 1.807) is 11.3 Å². The van der Waals surface area contributed by atoms with Crippen LogP contribution in [-0.2, 0) is 6.54 Å². The fourth-order valence-corrected chi connectivity index (χ4v) is 3.00. The summed E-state index contributed by atoms with van der Waals surface area (Å²) in [4.78, 5) is 8.83. The van der Waals surface area contributed by atoms with Crippen LogP contribution in [-0.4, -0.2) is 14.5 Å². The Hall–Kier alpha value is -1.72. The standard InChI is InChI=1S/C14H16N4S/c1-2-5-18-6-4-16-14(18)13(15)10-8-12-11(17-9-10)3-7-19-12/h3-4,6-9,13H,2,5,15H2,1H3. The monoisotopic (exact) mass is 272 g/mol. The Balaban J connectivity index is 1.97. The van der Waals surface area contributed by atoms with Crippen molar-refractivity contribution in [2.24, 2.45) is 5.73 Å². The quantitative estimate of drug-likeness (QED) is 0.794. The minimum Gasteiger partial charge on any atom is -0.333 e. The smallest absolute Gasteiger partial charge is 0.130 e. The molecule has 0 bridgehead atoms. The maximum absolute atomic E-state index is 6.33. The van der Waals surface area contributed by atoms with Crippen molar-refractivity contribution >= 4 is 21.6 Å². The highest BCUT2D eigenvalue weighted by molar-refractivity contribution is 7.17. The molecule has 0 radical (unpaired) electrons. The summed E-state index contributed by atoms with van der Waals surface area (Å²) < 4.78 is 3.28. The first kappa shape index (κ1) is 12.3. The maximum Gasteiger partial charge on any atom is 0.130 e. The molecule has 1 atom stereocenters. The van der Waals surface area contributed by atoms with E-state index >= 15 is 0 Å². The lowest BCUT2D eigenvalue weighted by atomic mass is 10.1. The van der Waals surface area contributed by atoms with Crippen LogP contribution in [0.1, 0.15) is 30.8 Å². The van der Waals surface area contributed by atoms with Crippen LogP contribution in [0.25, 0.3) is 10.2 Å². The molecule has 0 fully saturated rings. The van der Waals surface area contributed by atoms with Crippen molar-refractivity contribution in [3.8, 4) is 0 Å². The SMILES string of the molecule is CCCn1ccnc1C(N)c1cnc2ccsc2c1. The first-order chi connectivity index (χ1) is 9.29. The van der Waals surface area contributed by atoms with Gasteiger partial charge in [-0.3, -0.25) is 4.98 Å². The molecule has 3 aromatic heterocycles. The summed E-state index contributed by atoms with van der Waals surface area (Å²) in [6, 6.07) is 3.91. The van der Waals surface area contributed by atoms with Crippen molar-refractivity contribution in [3.63, 3.8) is 0 Å². The predicted molar refractivity (Wildman–Crippen MR) is 78.2 cm³/mol. The second kappa shape index (κ2) is 5.11. The Bertz CT molecular complexity index is 685. The van der Waals surface area contributed by atoms with Crippen molar-refractivity contribution in [3.05, 3.63) is 47.5 Å². The van der Waals surface area contributed by atoms with Crippen LogP contribution < -0.4 is 5.73 Å². The summed E-state index contributed by atoms with van der Waals surface area (Å²) in [6.45, 7) is 3.09. The Labute approximate surface area is 115 Å². The highest BCUT2D eigenvalue weighted by Crippen LogP contribution is 2.24. The third kappa shape index (κ3) is 2.27. The van der Waals surface area contributed by atoms with Gasteiger partial charge in [-0.15, -0.1) is 11.3 Å². The van der Waals surface area contributed by atoms with Crippen molar-refractivity contribution in [2.45, 2.75) is 25.9 Å². The van der Waals surface area contributed by atoms with Crippen LogP contribution in [0.5, 0.6) is 0 Å². The summed E-state index contributed by atoms with van der Waals surface area (Å²) in [7, 11) is 0. The van der Waals surface area contributed by atoms with E-state index < -0.39 is 0 Å². The molecule has 0 aliphatic heterocycles. The third-order valence-corrected chi connectivity index (χ3v) is 4.03. The molecule has 0 spiro atoms. The lowest BCUT2D eigenvalue weighted by Gasteiger charge is -2.13. The fourth-order valence-electron chi connectivity index (χ4n) is 2.21. The molecule has 0 aromatic carbocycles. The normalized spacial score (nSPS) is 12.9. The molecule has 0 aliphatic rings. The summed E-state index contributed by atoms with van der Waals surface area (Å²) in [5.74, 6) is 0.902. The minimum absolute atomic E-state index is 0.222. The van der Waals surface area contributed by atoms with Gasteiger partial charge < -0.3 is 10.3 Å². The van der Waals surface area contributed by atoms with Crippen LogP contribution in [0.15, 0.2) is 36.1 Å². The van der Waals surface area contributed by atoms with Gasteiger partial charge in [-0.25, -0.2) is 4.98 Å². The van der Waals surface area contributed by atoms with Crippen LogP contribution in [0.2, 0.25) is 0 Å². The number of aryl methyl sites for hydroxylation is 1. The number of rotatable bonds is 4. The van der Waals surface area contributed by atoms with Gasteiger partial charge >= 0.3 is 0 Å². The predicted octanol–water partition coefficient (Wildman–Crippen LogP) is 2.95. The number of nitrogens with two attached hydrogens (primary N) is 1. The van der Waals surface area contributed by atoms with E-state index in [2.05, 4.69) is 27.5 Å². The van der Waals surface area contributed by atoms with Gasteiger partial charge in [0.05, 0.1) is 16.3 Å². The zero-order valence-corrected chi connectivity index (χ0v) is 11.6. The van der Waals surface area contributed by atoms with Crippen LogP contribution in [0.3, 0.4) is 0 Å². The van der Waals surface area contributed by atoms with Crippen molar-refractivity contribution < 1.29 is 0 Å². The molecule has 19 heavy (non-hydrogen) atoms. The van der Waals surface area contributed by atoms with E-state index in [4.69, 9.17) is 5.73 Å². The molecule has 98 valence electrons. The van der Waals surface area contributed by atoms with Crippen LogP contribution in [0, 0.1) is 0 Å². The number of fused-ring (bicyclic) bond motifs is 1. The highest BCUT2D eigenvalue weighted by atomic mass is 32.1. The molecule has 4 nitrogen and oxygen atoms in total. The van der Waals surface area contributed by atoms with Crippen molar-refractivity contribution in [2.75, 3.05) is 0 Å². The topological polar surface area (TPSA) is 56.7 Å². The summed E-state index contributed by atoms with van der Waals surface area (Å²) in [5.41, 5.74) is 8.37. The van der Waals surface area contributed by atoms with E-state index in [1.165, 1.54) is 4.70 Å². The van der Waals surface area contributed by atoms with Gasteiger partial charge in [0.2, 0.25) is 0 Å². The second-order valence-electron chi connectivity index (χ2n) is 4.53. The van der Waals surface area contributed by atoms with E-state index in [0.717, 1.165) is 29.9 Å². The largest absolute Gasteiger partial charge is 0.333 e. The molecule has 2 N–H and O–H groups in total. The summed E-state index contributed by atoms with van der Waals surface area (Å²) in [6.07, 6.45) is 6.71. The first-order valence-electron chi connectivity index (χ1n) is 6.39. The average Bonchev–Trinajstić information content (AvgIpc) is 3.05. The van der Waals surface area contributed by atoms with E-state index in [0.29, 0.717) is 0 Å². The number of hydrogen-bond acceptors (Lipinski definition) is 4. The molecule has 3 heterocycles. The second-order valence-corrected chi connectivity index (χ2v) is 5.48.